The summed E-state index contributed by atoms with van der Waals surface area (Å²) < 4.78 is 19.0. The number of benzene rings is 3. The third-order valence-corrected chi connectivity index (χ3v) is 6.34. The number of hydrogen-bond acceptors (Lipinski definition) is 5. The van der Waals surface area contributed by atoms with Gasteiger partial charge in [0.15, 0.2) is 0 Å². The second-order valence-corrected chi connectivity index (χ2v) is 9.57. The van der Waals surface area contributed by atoms with Gasteiger partial charge < -0.3 is 14.2 Å². The van der Waals surface area contributed by atoms with Gasteiger partial charge in [-0.15, -0.1) is 0 Å². The Morgan fingerprint density at radius 1 is 1.09 bits per heavy atom. The molecule has 174 valence electrons. The van der Waals surface area contributed by atoms with Gasteiger partial charge in [0.2, 0.25) is 6.23 Å². The Balaban J connectivity index is 1.47. The molecule has 5 rings (SSSR count). The molecule has 2 aliphatic heterocycles. The number of nitrogens with zero attached hydrogens (tertiary/aromatic N) is 2. The predicted molar refractivity (Wildman–Crippen MR) is 138 cm³/mol. The van der Waals surface area contributed by atoms with Crippen LogP contribution in [0.3, 0.4) is 0 Å². The topological polar surface area (TPSA) is 43.3 Å². The van der Waals surface area contributed by atoms with Crippen molar-refractivity contribution in [1.29, 1.82) is 0 Å². The molecule has 0 saturated carbocycles. The van der Waals surface area contributed by atoms with Crippen LogP contribution in [0.1, 0.15) is 49.2 Å². The van der Waals surface area contributed by atoms with Gasteiger partial charge in [-0.3, -0.25) is 0 Å². The lowest BCUT2D eigenvalue weighted by atomic mass is 9.96. The van der Waals surface area contributed by atoms with Crippen molar-refractivity contribution in [2.75, 3.05) is 6.61 Å². The van der Waals surface area contributed by atoms with Gasteiger partial charge in [0, 0.05) is 22.0 Å². The number of ether oxygens (including phenoxy) is 3. The molecule has 0 spiro atoms. The van der Waals surface area contributed by atoms with E-state index in [9.17, 15) is 0 Å². The van der Waals surface area contributed by atoms with Crippen molar-refractivity contribution < 1.29 is 14.2 Å². The molecule has 0 fully saturated rings. The van der Waals surface area contributed by atoms with E-state index in [-0.39, 0.29) is 18.4 Å². The number of hydrogen-bond donors (Lipinski definition) is 0. The molecule has 2 unspecified atom stereocenters. The van der Waals surface area contributed by atoms with E-state index >= 15 is 0 Å². The number of fused-ring (bicyclic) bond motifs is 3. The summed E-state index contributed by atoms with van der Waals surface area (Å²) >= 11 is 3.62. The van der Waals surface area contributed by atoms with E-state index in [4.69, 9.17) is 19.3 Å². The van der Waals surface area contributed by atoms with Crippen LogP contribution >= 0.6 is 15.9 Å². The molecule has 0 N–H and O–H groups in total. The van der Waals surface area contributed by atoms with Crippen molar-refractivity contribution in [2.24, 2.45) is 5.10 Å². The van der Waals surface area contributed by atoms with E-state index in [1.165, 1.54) is 0 Å². The van der Waals surface area contributed by atoms with E-state index in [0.717, 1.165) is 50.5 Å². The highest BCUT2D eigenvalue weighted by Gasteiger charge is 2.41. The molecule has 0 radical (unpaired) electrons. The van der Waals surface area contributed by atoms with E-state index in [1.807, 2.05) is 62.4 Å². The van der Waals surface area contributed by atoms with E-state index in [0.29, 0.717) is 6.61 Å². The highest BCUT2D eigenvalue weighted by Crippen LogP contribution is 2.48. The number of hydrazone groups is 1. The second kappa shape index (κ2) is 9.55. The van der Waals surface area contributed by atoms with Crippen molar-refractivity contribution in [3.05, 3.63) is 101 Å². The summed E-state index contributed by atoms with van der Waals surface area (Å²) in [7, 11) is 0. The highest BCUT2D eigenvalue weighted by atomic mass is 79.9. The summed E-state index contributed by atoms with van der Waals surface area (Å²) in [5.74, 6) is 2.55. The Labute approximate surface area is 208 Å². The quantitative estimate of drug-likeness (QED) is 0.314. The van der Waals surface area contributed by atoms with Crippen LogP contribution in [-0.4, -0.2) is 23.4 Å². The summed E-state index contributed by atoms with van der Waals surface area (Å²) in [4.78, 5) is 0. The molecule has 2 atom stereocenters. The fraction of sp³-hybridized carbons (Fsp3) is 0.250. The molecule has 3 aromatic rings. The van der Waals surface area contributed by atoms with Gasteiger partial charge in [-0.05, 0) is 86.1 Å². The minimum absolute atomic E-state index is 0.0875. The van der Waals surface area contributed by atoms with Crippen LogP contribution in [0.15, 0.2) is 89.0 Å². The zero-order valence-corrected chi connectivity index (χ0v) is 20.9. The van der Waals surface area contributed by atoms with Crippen molar-refractivity contribution >= 4 is 21.6 Å². The van der Waals surface area contributed by atoms with Crippen LogP contribution in [-0.2, 0) is 0 Å². The second-order valence-electron chi connectivity index (χ2n) is 8.66. The van der Waals surface area contributed by atoms with Crippen LogP contribution in [0.5, 0.6) is 17.2 Å². The van der Waals surface area contributed by atoms with Gasteiger partial charge in [-0.2, -0.15) is 5.10 Å². The summed E-state index contributed by atoms with van der Waals surface area (Å²) in [6.07, 6.45) is 2.35. The van der Waals surface area contributed by atoms with Gasteiger partial charge in [0.1, 0.15) is 23.9 Å². The Morgan fingerprint density at radius 3 is 2.53 bits per heavy atom. The summed E-state index contributed by atoms with van der Waals surface area (Å²) in [5.41, 5.74) is 4.28. The normalized spacial score (nSPS) is 18.6. The third kappa shape index (κ3) is 4.55. The van der Waals surface area contributed by atoms with Gasteiger partial charge in [-0.25, -0.2) is 5.01 Å². The highest BCUT2D eigenvalue weighted by molar-refractivity contribution is 9.10. The Bertz CT molecular complexity index is 1210. The molecular formula is C28H27BrN2O3. The van der Waals surface area contributed by atoms with E-state index in [1.54, 1.807) is 6.08 Å². The summed E-state index contributed by atoms with van der Waals surface area (Å²) in [6.45, 7) is 8.24. The number of rotatable bonds is 7. The molecule has 34 heavy (non-hydrogen) atoms. The Kier molecular flexibility index (Phi) is 6.33. The fourth-order valence-corrected chi connectivity index (χ4v) is 4.71. The van der Waals surface area contributed by atoms with E-state index < -0.39 is 0 Å². The average molecular weight is 519 g/mol. The van der Waals surface area contributed by atoms with Crippen molar-refractivity contribution in [2.45, 2.75) is 38.6 Å². The summed E-state index contributed by atoms with van der Waals surface area (Å²) in [5, 5.41) is 7.14. The monoisotopic (exact) mass is 518 g/mol. The van der Waals surface area contributed by atoms with Crippen LogP contribution < -0.4 is 14.2 Å². The SMILES string of the molecule is C=CCOc1ccc(C2Oc3ccc(Br)cc3C3CC(c4ccc(OC(C)C)cc4)=NN32)cc1. The molecule has 2 aliphatic rings. The Morgan fingerprint density at radius 2 is 1.82 bits per heavy atom. The Hall–Kier alpha value is -3.25. The summed E-state index contributed by atoms with van der Waals surface area (Å²) in [6, 6.07) is 22.4. The van der Waals surface area contributed by atoms with Gasteiger partial charge in [-0.1, -0.05) is 28.6 Å². The molecule has 5 nitrogen and oxygen atoms in total. The maximum absolute atomic E-state index is 6.48. The zero-order valence-electron chi connectivity index (χ0n) is 19.3. The molecule has 2 heterocycles. The first-order valence-corrected chi connectivity index (χ1v) is 12.2. The molecule has 3 aromatic carbocycles. The molecule has 0 saturated heterocycles. The first-order chi connectivity index (χ1) is 16.5. The maximum atomic E-state index is 6.48. The van der Waals surface area contributed by atoms with Crippen LogP contribution in [0.25, 0.3) is 0 Å². The number of halogens is 1. The lowest BCUT2D eigenvalue weighted by Gasteiger charge is -2.38. The average Bonchev–Trinajstić information content (AvgIpc) is 3.29. The molecule has 0 aromatic heterocycles. The van der Waals surface area contributed by atoms with Crippen LogP contribution in [0.4, 0.5) is 0 Å². The van der Waals surface area contributed by atoms with Crippen LogP contribution in [0.2, 0.25) is 0 Å². The van der Waals surface area contributed by atoms with Gasteiger partial charge in [0.25, 0.3) is 0 Å². The van der Waals surface area contributed by atoms with Crippen LogP contribution in [0, 0.1) is 0 Å². The fourth-order valence-electron chi connectivity index (χ4n) is 4.33. The smallest absolute Gasteiger partial charge is 0.213 e. The standard InChI is InChI=1S/C28H27BrN2O3/c1-4-15-32-22-10-7-20(8-11-22)28-31-26(24-16-21(29)9-14-27(24)34-28)17-25(30-31)19-5-12-23(13-6-19)33-18(2)3/h4-14,16,18,26,28H,1,15,17H2,2-3H3. The lowest BCUT2D eigenvalue weighted by Crippen LogP contribution is -2.33. The van der Waals surface area contributed by atoms with Gasteiger partial charge >= 0.3 is 0 Å². The van der Waals surface area contributed by atoms with Crippen molar-refractivity contribution in [1.82, 2.24) is 5.01 Å². The van der Waals surface area contributed by atoms with E-state index in [2.05, 4.69) is 45.7 Å². The zero-order chi connectivity index (χ0) is 23.7. The maximum Gasteiger partial charge on any atom is 0.213 e. The molecule has 0 bridgehead atoms. The first kappa shape index (κ1) is 22.5. The van der Waals surface area contributed by atoms with Crippen molar-refractivity contribution in [3.8, 4) is 17.2 Å². The third-order valence-electron chi connectivity index (χ3n) is 5.84. The lowest BCUT2D eigenvalue weighted by molar-refractivity contribution is -0.0191. The molecular weight excluding hydrogens is 492 g/mol. The van der Waals surface area contributed by atoms with Crippen molar-refractivity contribution in [3.63, 3.8) is 0 Å². The molecule has 0 amide bonds. The largest absolute Gasteiger partial charge is 0.491 e. The molecule has 0 aliphatic carbocycles. The minimum Gasteiger partial charge on any atom is -0.491 e. The van der Waals surface area contributed by atoms with Gasteiger partial charge in [0.05, 0.1) is 17.9 Å². The minimum atomic E-state index is -0.326. The molecule has 6 heteroatoms. The predicted octanol–water partition coefficient (Wildman–Crippen LogP) is 7.04. The first-order valence-electron chi connectivity index (χ1n) is 11.4.